The molecule has 1 aliphatic carbocycles. The number of alkyl halides is 3. The van der Waals surface area contributed by atoms with Gasteiger partial charge in [0.25, 0.3) is 5.89 Å². The Labute approximate surface area is 201 Å². The van der Waals surface area contributed by atoms with E-state index in [-0.39, 0.29) is 23.4 Å². The summed E-state index contributed by atoms with van der Waals surface area (Å²) in [4.78, 5) is 4.79. The fourth-order valence-electron chi connectivity index (χ4n) is 4.23. The van der Waals surface area contributed by atoms with E-state index in [0.29, 0.717) is 29.7 Å². The van der Waals surface area contributed by atoms with Crippen molar-refractivity contribution in [2.45, 2.75) is 71.0 Å². The highest BCUT2D eigenvalue weighted by Crippen LogP contribution is 2.35. The summed E-state index contributed by atoms with van der Waals surface area (Å²) in [5.41, 5.74) is 3.63. The molecule has 0 spiro atoms. The van der Waals surface area contributed by atoms with Gasteiger partial charge in [0.15, 0.2) is 0 Å². The molecule has 0 atom stereocenters. The van der Waals surface area contributed by atoms with Gasteiger partial charge < -0.3 is 20.3 Å². The first-order chi connectivity index (χ1) is 16.4. The molecule has 188 valence electrons. The zero-order chi connectivity index (χ0) is 25.4. The molecule has 8 nitrogen and oxygen atoms in total. The summed E-state index contributed by atoms with van der Waals surface area (Å²) in [5.74, 6) is 0.255. The van der Waals surface area contributed by atoms with Gasteiger partial charge in [-0.2, -0.15) is 13.2 Å². The van der Waals surface area contributed by atoms with Crippen LogP contribution in [0.15, 0.2) is 27.8 Å². The van der Waals surface area contributed by atoms with Gasteiger partial charge in [0, 0.05) is 17.1 Å². The third-order valence-corrected chi connectivity index (χ3v) is 6.10. The Morgan fingerprint density at radius 3 is 2.46 bits per heavy atom. The van der Waals surface area contributed by atoms with Crippen LogP contribution < -0.4 is 10.6 Å². The lowest BCUT2D eigenvalue weighted by Gasteiger charge is -2.23. The summed E-state index contributed by atoms with van der Waals surface area (Å²) >= 11 is 0. The first-order valence-electron chi connectivity index (χ1n) is 11.5. The van der Waals surface area contributed by atoms with Crippen LogP contribution in [-0.2, 0) is 5.41 Å². The Hall–Kier alpha value is -3.37. The molecule has 0 radical (unpaired) electrons. The Balaban J connectivity index is 1.65. The quantitative estimate of drug-likeness (QED) is 0.295. The van der Waals surface area contributed by atoms with Crippen molar-refractivity contribution >= 4 is 28.3 Å². The summed E-state index contributed by atoms with van der Waals surface area (Å²) in [7, 11) is 0. The first-order valence-corrected chi connectivity index (χ1v) is 11.5. The van der Waals surface area contributed by atoms with Gasteiger partial charge in [-0.1, -0.05) is 31.0 Å². The lowest BCUT2D eigenvalue weighted by atomic mass is 9.84. The number of benzene rings is 1. The van der Waals surface area contributed by atoms with Crippen LogP contribution in [0.4, 0.5) is 24.9 Å². The zero-order valence-electron chi connectivity index (χ0n) is 20.1. The van der Waals surface area contributed by atoms with Crippen molar-refractivity contribution in [2.75, 3.05) is 17.2 Å². The minimum atomic E-state index is -4.32. The maximum atomic E-state index is 12.8. The van der Waals surface area contributed by atoms with Crippen LogP contribution in [0.5, 0.6) is 0 Å². The maximum Gasteiger partial charge on any atom is 0.405 e. The highest BCUT2D eigenvalue weighted by molar-refractivity contribution is 5.91. The van der Waals surface area contributed by atoms with Crippen molar-refractivity contribution in [2.24, 2.45) is 5.16 Å². The average molecular weight is 491 g/mol. The smallest absolute Gasteiger partial charge is 0.405 e. The van der Waals surface area contributed by atoms with E-state index in [1.807, 2.05) is 27.7 Å². The van der Waals surface area contributed by atoms with Gasteiger partial charge in [-0.3, -0.25) is 0 Å². The molecule has 1 fully saturated rings. The number of oxime groups is 1. The van der Waals surface area contributed by atoms with Crippen molar-refractivity contribution in [3.8, 4) is 11.6 Å². The standard InChI is InChI=1S/C24H29F3N6O2/c1-13-9-19(21-31-32-22(35-21)29-14-5-7-15(33-34)8-6-14)30-20-17(13)10-16(28-12-24(25,26)27)11-18(20)23(2,3)4/h9-11,14,28,34H,5-8,12H2,1-4H3,(H,29,32). The van der Waals surface area contributed by atoms with Crippen LogP contribution >= 0.6 is 0 Å². The largest absolute Gasteiger partial charge is 0.411 e. The highest BCUT2D eigenvalue weighted by Gasteiger charge is 2.28. The second kappa shape index (κ2) is 9.35. The summed E-state index contributed by atoms with van der Waals surface area (Å²) in [6.07, 6.45) is -1.32. The molecule has 3 aromatic rings. The zero-order valence-corrected chi connectivity index (χ0v) is 20.1. The number of hydrogen-bond acceptors (Lipinski definition) is 8. The topological polar surface area (TPSA) is 108 Å². The minimum Gasteiger partial charge on any atom is -0.411 e. The van der Waals surface area contributed by atoms with Gasteiger partial charge in [0.1, 0.15) is 12.2 Å². The van der Waals surface area contributed by atoms with E-state index in [9.17, 15) is 13.2 Å². The summed E-state index contributed by atoms with van der Waals surface area (Å²) in [5, 5.41) is 26.9. The van der Waals surface area contributed by atoms with E-state index in [1.54, 1.807) is 18.2 Å². The molecule has 2 aromatic heterocycles. The van der Waals surface area contributed by atoms with Gasteiger partial charge in [0.05, 0.1) is 11.2 Å². The number of aryl methyl sites for hydroxylation is 1. The predicted molar refractivity (Wildman–Crippen MR) is 128 cm³/mol. The molecule has 3 N–H and O–H groups in total. The SMILES string of the molecule is Cc1cc(-c2nnc(NC3CCC(=NO)CC3)o2)nc2c(C(C)(C)C)cc(NCC(F)(F)F)cc12. The summed E-state index contributed by atoms with van der Waals surface area (Å²) in [6.45, 7) is 6.74. The lowest BCUT2D eigenvalue weighted by Crippen LogP contribution is -2.26. The number of nitrogens with zero attached hydrogens (tertiary/aromatic N) is 4. The minimum absolute atomic E-state index is 0.134. The van der Waals surface area contributed by atoms with Crippen LogP contribution in [0.2, 0.25) is 0 Å². The molecule has 0 unspecified atom stereocenters. The molecular formula is C24H29F3N6O2. The van der Waals surface area contributed by atoms with E-state index >= 15 is 0 Å². The van der Waals surface area contributed by atoms with Crippen LogP contribution in [0, 0.1) is 6.92 Å². The Bertz CT molecular complexity index is 1240. The number of pyridine rings is 1. The van der Waals surface area contributed by atoms with Gasteiger partial charge in [-0.15, -0.1) is 5.10 Å². The molecule has 1 aliphatic rings. The van der Waals surface area contributed by atoms with Crippen molar-refractivity contribution < 1.29 is 22.8 Å². The summed E-state index contributed by atoms with van der Waals surface area (Å²) < 4.78 is 44.2. The molecule has 0 saturated heterocycles. The molecule has 0 bridgehead atoms. The van der Waals surface area contributed by atoms with Crippen LogP contribution in [0.25, 0.3) is 22.5 Å². The van der Waals surface area contributed by atoms with E-state index in [4.69, 9.17) is 14.6 Å². The number of hydrogen-bond donors (Lipinski definition) is 3. The highest BCUT2D eigenvalue weighted by atomic mass is 19.4. The van der Waals surface area contributed by atoms with Gasteiger partial charge in [0.2, 0.25) is 0 Å². The Morgan fingerprint density at radius 2 is 1.83 bits per heavy atom. The molecule has 0 aliphatic heterocycles. The Kier molecular flexibility index (Phi) is 6.61. The Morgan fingerprint density at radius 1 is 1.11 bits per heavy atom. The number of halogens is 3. The number of rotatable bonds is 5. The number of fused-ring (bicyclic) bond motifs is 1. The number of anilines is 2. The van der Waals surface area contributed by atoms with Crippen LogP contribution in [0.3, 0.4) is 0 Å². The fraction of sp³-hybridized carbons (Fsp3) is 0.500. The van der Waals surface area contributed by atoms with Gasteiger partial charge >= 0.3 is 12.2 Å². The maximum absolute atomic E-state index is 12.8. The van der Waals surface area contributed by atoms with E-state index in [2.05, 4.69) is 26.0 Å². The molecule has 4 rings (SSSR count). The normalized spacial score (nSPS) is 17.0. The number of aromatic nitrogens is 3. The molecule has 0 amide bonds. The number of nitrogens with one attached hydrogen (secondary N) is 2. The van der Waals surface area contributed by atoms with Crippen LogP contribution in [0.1, 0.15) is 57.6 Å². The molecule has 1 saturated carbocycles. The first kappa shape index (κ1) is 24.7. The average Bonchev–Trinajstić information content (AvgIpc) is 3.25. The lowest BCUT2D eigenvalue weighted by molar-refractivity contribution is -0.115. The van der Waals surface area contributed by atoms with Crippen molar-refractivity contribution in [1.82, 2.24) is 15.2 Å². The second-order valence-corrected chi connectivity index (χ2v) is 9.96. The molecule has 2 heterocycles. The molecule has 1 aromatic carbocycles. The van der Waals surface area contributed by atoms with E-state index in [1.165, 1.54) is 0 Å². The molecular weight excluding hydrogens is 461 g/mol. The third-order valence-electron chi connectivity index (χ3n) is 6.10. The second-order valence-electron chi connectivity index (χ2n) is 9.96. The van der Waals surface area contributed by atoms with E-state index < -0.39 is 12.7 Å². The predicted octanol–water partition coefficient (Wildman–Crippen LogP) is 6.05. The molecule has 11 heteroatoms. The van der Waals surface area contributed by atoms with Crippen molar-refractivity contribution in [3.05, 3.63) is 29.3 Å². The van der Waals surface area contributed by atoms with Gasteiger partial charge in [-0.25, -0.2) is 4.98 Å². The monoisotopic (exact) mass is 490 g/mol. The van der Waals surface area contributed by atoms with Crippen molar-refractivity contribution in [3.63, 3.8) is 0 Å². The van der Waals surface area contributed by atoms with Crippen LogP contribution in [-0.4, -0.2) is 44.9 Å². The molecule has 35 heavy (non-hydrogen) atoms. The fourth-order valence-corrected chi connectivity index (χ4v) is 4.23. The summed E-state index contributed by atoms with van der Waals surface area (Å²) in [6, 6.07) is 5.63. The van der Waals surface area contributed by atoms with Crippen molar-refractivity contribution in [1.29, 1.82) is 0 Å². The third kappa shape index (κ3) is 5.83. The van der Waals surface area contributed by atoms with E-state index in [0.717, 1.165) is 35.1 Å². The van der Waals surface area contributed by atoms with Gasteiger partial charge in [-0.05, 0) is 67.3 Å².